The summed E-state index contributed by atoms with van der Waals surface area (Å²) in [5, 5.41) is 15.5. The number of hydrogen-bond acceptors (Lipinski definition) is 5. The molecule has 0 saturated carbocycles. The van der Waals surface area contributed by atoms with E-state index in [1.165, 1.54) is 0 Å². The molecule has 0 atom stereocenters. The van der Waals surface area contributed by atoms with Gasteiger partial charge in [-0.05, 0) is 31.2 Å². The summed E-state index contributed by atoms with van der Waals surface area (Å²) >= 11 is 0. The van der Waals surface area contributed by atoms with Gasteiger partial charge >= 0.3 is 0 Å². The van der Waals surface area contributed by atoms with Crippen LogP contribution in [0.4, 0.5) is 17.5 Å². The highest BCUT2D eigenvalue weighted by Gasteiger charge is 2.08. The topological polar surface area (TPSA) is 94.3 Å². The fourth-order valence-electron chi connectivity index (χ4n) is 2.44. The van der Waals surface area contributed by atoms with E-state index in [1.807, 2.05) is 37.4 Å². The summed E-state index contributed by atoms with van der Waals surface area (Å²) < 4.78 is 0. The first-order chi connectivity index (χ1) is 10.8. The molecule has 0 aliphatic heterocycles. The third-order valence-corrected chi connectivity index (χ3v) is 3.46. The van der Waals surface area contributed by atoms with Crippen LogP contribution in [0.1, 0.15) is 6.92 Å². The zero-order chi connectivity index (χ0) is 14.9. The predicted molar refractivity (Wildman–Crippen MR) is 87.4 cm³/mol. The lowest BCUT2D eigenvalue weighted by molar-refractivity contribution is 1.12. The van der Waals surface area contributed by atoms with E-state index < -0.39 is 0 Å². The van der Waals surface area contributed by atoms with E-state index >= 15 is 0 Å². The minimum atomic E-state index is 0.546. The molecule has 4 N–H and O–H groups in total. The molecular formula is C15H15N7. The number of benzene rings is 1. The van der Waals surface area contributed by atoms with Gasteiger partial charge < -0.3 is 15.6 Å². The fraction of sp³-hybridized carbons (Fsp3) is 0.133. The number of anilines is 3. The van der Waals surface area contributed by atoms with Gasteiger partial charge in [0.05, 0.1) is 17.1 Å². The molecule has 22 heavy (non-hydrogen) atoms. The van der Waals surface area contributed by atoms with Gasteiger partial charge in [-0.25, -0.2) is 0 Å². The molecule has 1 aromatic carbocycles. The molecule has 0 aliphatic carbocycles. The molecular weight excluding hydrogens is 278 g/mol. The molecule has 0 fully saturated rings. The molecule has 4 rings (SSSR count). The van der Waals surface area contributed by atoms with Crippen molar-refractivity contribution in [3.63, 3.8) is 0 Å². The summed E-state index contributed by atoms with van der Waals surface area (Å²) in [6, 6.07) is 7.93. The van der Waals surface area contributed by atoms with E-state index in [-0.39, 0.29) is 0 Å². The lowest BCUT2D eigenvalue weighted by Crippen LogP contribution is -2.04. The number of hydrogen-bond donors (Lipinski definition) is 4. The highest BCUT2D eigenvalue weighted by molar-refractivity contribution is 5.88. The van der Waals surface area contributed by atoms with Crippen LogP contribution >= 0.6 is 0 Å². The summed E-state index contributed by atoms with van der Waals surface area (Å²) in [4.78, 5) is 12.2. The van der Waals surface area contributed by atoms with Crippen molar-refractivity contribution in [2.24, 2.45) is 0 Å². The standard InChI is InChI=1S/C15H15N7/c1-2-16-13-11-5-6-17-14(11)21-15(20-13)19-10-4-3-9-8-18-22-12(9)7-10/h3-8H,2H2,1H3,(H,18,22)(H3,16,17,19,20,21). The first-order valence-corrected chi connectivity index (χ1v) is 7.12. The van der Waals surface area contributed by atoms with E-state index in [0.717, 1.165) is 40.0 Å². The molecule has 3 heterocycles. The number of nitrogens with zero attached hydrogens (tertiary/aromatic N) is 3. The number of nitrogens with one attached hydrogen (secondary N) is 4. The Morgan fingerprint density at radius 1 is 1.18 bits per heavy atom. The molecule has 7 heteroatoms. The van der Waals surface area contributed by atoms with E-state index in [9.17, 15) is 0 Å². The molecule has 0 saturated heterocycles. The summed E-state index contributed by atoms with van der Waals surface area (Å²) in [5.74, 6) is 1.36. The Labute approximate surface area is 126 Å². The number of H-pyrrole nitrogens is 2. The van der Waals surface area contributed by atoms with Crippen LogP contribution in [0, 0.1) is 0 Å². The first kappa shape index (κ1) is 12.6. The van der Waals surface area contributed by atoms with Gasteiger partial charge in [-0.3, -0.25) is 5.10 Å². The Bertz CT molecular complexity index is 937. The van der Waals surface area contributed by atoms with Crippen molar-refractivity contribution in [3.8, 4) is 0 Å². The summed E-state index contributed by atoms with van der Waals surface area (Å²) in [5.41, 5.74) is 2.68. The largest absolute Gasteiger partial charge is 0.370 e. The average Bonchev–Trinajstić information content (AvgIpc) is 3.15. The zero-order valence-electron chi connectivity index (χ0n) is 12.0. The second kappa shape index (κ2) is 5.03. The Morgan fingerprint density at radius 3 is 3.05 bits per heavy atom. The van der Waals surface area contributed by atoms with Crippen LogP contribution in [-0.2, 0) is 0 Å². The molecule has 7 nitrogen and oxygen atoms in total. The Balaban J connectivity index is 1.73. The van der Waals surface area contributed by atoms with Gasteiger partial charge in [0.25, 0.3) is 0 Å². The van der Waals surface area contributed by atoms with Crippen molar-refractivity contribution in [2.45, 2.75) is 6.92 Å². The number of rotatable bonds is 4. The Hall–Kier alpha value is -3.09. The van der Waals surface area contributed by atoms with Crippen LogP contribution in [0.15, 0.2) is 36.7 Å². The van der Waals surface area contributed by atoms with Crippen LogP contribution in [0.5, 0.6) is 0 Å². The third kappa shape index (κ3) is 2.12. The second-order valence-corrected chi connectivity index (χ2v) is 4.96. The first-order valence-electron chi connectivity index (χ1n) is 7.12. The Kier molecular flexibility index (Phi) is 2.89. The van der Waals surface area contributed by atoms with Gasteiger partial charge in [-0.1, -0.05) is 0 Å². The summed E-state index contributed by atoms with van der Waals surface area (Å²) in [6.07, 6.45) is 3.66. The Morgan fingerprint density at radius 2 is 2.14 bits per heavy atom. The maximum absolute atomic E-state index is 4.55. The van der Waals surface area contributed by atoms with Crippen molar-refractivity contribution < 1.29 is 0 Å². The number of aromatic amines is 2. The molecule has 0 unspecified atom stereocenters. The van der Waals surface area contributed by atoms with Crippen LogP contribution in [-0.4, -0.2) is 31.7 Å². The molecule has 3 aromatic heterocycles. The number of fused-ring (bicyclic) bond motifs is 2. The molecule has 4 aromatic rings. The van der Waals surface area contributed by atoms with E-state index in [2.05, 4.69) is 35.8 Å². The van der Waals surface area contributed by atoms with Gasteiger partial charge in [0.2, 0.25) is 5.95 Å². The maximum Gasteiger partial charge on any atom is 0.231 e. The van der Waals surface area contributed by atoms with Crippen LogP contribution < -0.4 is 10.6 Å². The van der Waals surface area contributed by atoms with Crippen molar-refractivity contribution in [2.75, 3.05) is 17.2 Å². The minimum absolute atomic E-state index is 0.546. The van der Waals surface area contributed by atoms with Gasteiger partial charge in [0.1, 0.15) is 11.5 Å². The monoisotopic (exact) mass is 293 g/mol. The van der Waals surface area contributed by atoms with E-state index in [1.54, 1.807) is 6.20 Å². The summed E-state index contributed by atoms with van der Waals surface area (Å²) in [7, 11) is 0. The van der Waals surface area contributed by atoms with Crippen molar-refractivity contribution in [1.29, 1.82) is 0 Å². The van der Waals surface area contributed by atoms with Crippen molar-refractivity contribution in [1.82, 2.24) is 25.1 Å². The van der Waals surface area contributed by atoms with Gasteiger partial charge in [0.15, 0.2) is 0 Å². The molecule has 0 spiro atoms. The third-order valence-electron chi connectivity index (χ3n) is 3.46. The van der Waals surface area contributed by atoms with Crippen molar-refractivity contribution >= 4 is 39.4 Å². The van der Waals surface area contributed by atoms with Crippen molar-refractivity contribution in [3.05, 3.63) is 36.7 Å². The molecule has 0 bridgehead atoms. The highest BCUT2D eigenvalue weighted by atomic mass is 15.2. The smallest absolute Gasteiger partial charge is 0.231 e. The lowest BCUT2D eigenvalue weighted by atomic mass is 10.2. The quantitative estimate of drug-likeness (QED) is 0.464. The van der Waals surface area contributed by atoms with Gasteiger partial charge in [-0.2, -0.15) is 15.1 Å². The van der Waals surface area contributed by atoms with Crippen LogP contribution in [0.2, 0.25) is 0 Å². The zero-order valence-corrected chi connectivity index (χ0v) is 12.0. The normalized spacial score (nSPS) is 11.1. The molecule has 0 radical (unpaired) electrons. The second-order valence-electron chi connectivity index (χ2n) is 4.96. The molecule has 110 valence electrons. The SMILES string of the molecule is CCNc1nc(Nc2ccc3cn[nH]c3c2)nc2[nH]ccc12. The van der Waals surface area contributed by atoms with Crippen LogP contribution in [0.25, 0.3) is 21.9 Å². The summed E-state index contributed by atoms with van der Waals surface area (Å²) in [6.45, 7) is 2.84. The highest BCUT2D eigenvalue weighted by Crippen LogP contribution is 2.24. The van der Waals surface area contributed by atoms with Gasteiger partial charge in [-0.15, -0.1) is 0 Å². The predicted octanol–water partition coefficient (Wildman–Crippen LogP) is 3.01. The van der Waals surface area contributed by atoms with Crippen LogP contribution in [0.3, 0.4) is 0 Å². The molecule has 0 amide bonds. The van der Waals surface area contributed by atoms with E-state index in [0.29, 0.717) is 5.95 Å². The minimum Gasteiger partial charge on any atom is -0.370 e. The average molecular weight is 293 g/mol. The number of aromatic nitrogens is 5. The molecule has 0 aliphatic rings. The fourth-order valence-corrected chi connectivity index (χ4v) is 2.44. The lowest BCUT2D eigenvalue weighted by Gasteiger charge is -2.09. The van der Waals surface area contributed by atoms with Gasteiger partial charge in [0, 0.05) is 23.8 Å². The maximum atomic E-state index is 4.55. The van der Waals surface area contributed by atoms with E-state index in [4.69, 9.17) is 0 Å².